The quantitative estimate of drug-likeness (QED) is 0.0486. The Morgan fingerprint density at radius 2 is 1.37 bits per heavy atom. The number of ketones is 1. The summed E-state index contributed by atoms with van der Waals surface area (Å²) in [6.07, 6.45) is 4.41. The van der Waals surface area contributed by atoms with Crippen molar-refractivity contribution in [2.75, 3.05) is 12.3 Å². The van der Waals surface area contributed by atoms with Crippen molar-refractivity contribution >= 4 is 47.1 Å². The first-order valence-electron chi connectivity index (χ1n) is 20.6. The minimum Gasteiger partial charge on any atom is -0.460 e. The minimum absolute atomic E-state index is 0.00489. The van der Waals surface area contributed by atoms with E-state index >= 15 is 0 Å². The maximum absolute atomic E-state index is 14.6. The molecule has 1 saturated carbocycles. The third-order valence-corrected chi connectivity index (χ3v) is 11.7. The average Bonchev–Trinajstić information content (AvgIpc) is 3.20. The lowest BCUT2D eigenvalue weighted by Gasteiger charge is -2.42. The summed E-state index contributed by atoms with van der Waals surface area (Å²) in [7, 11) is 0. The maximum Gasteiger partial charge on any atom is 0.306 e. The summed E-state index contributed by atoms with van der Waals surface area (Å²) in [6.45, 7) is 8.32. The number of allylic oxidation sites excluding steroid dienone is 1. The number of carbonyl (C=O) groups excluding carboxylic acids is 6. The molecular weight excluding hydrogens is 781 g/mol. The van der Waals surface area contributed by atoms with Crippen LogP contribution < -0.4 is 21.3 Å². The number of benzene rings is 3. The number of aliphatic hydroxyl groups is 1. The number of aliphatic hydroxyl groups excluding tert-OH is 1. The molecule has 0 heterocycles. The van der Waals surface area contributed by atoms with Crippen LogP contribution >= 0.6 is 11.8 Å². The number of carbonyl (C=O) groups is 6. The fraction of sp³-hybridized carbons (Fsp3) is 0.447. The maximum atomic E-state index is 14.6. The van der Waals surface area contributed by atoms with Gasteiger partial charge in [0, 0.05) is 12.2 Å². The van der Waals surface area contributed by atoms with E-state index in [1.165, 1.54) is 24.8 Å². The van der Waals surface area contributed by atoms with Crippen LogP contribution in [0.1, 0.15) is 103 Å². The Morgan fingerprint density at radius 1 is 0.817 bits per heavy atom. The van der Waals surface area contributed by atoms with Crippen LogP contribution in [0.5, 0.6) is 0 Å². The molecule has 0 radical (unpaired) electrons. The van der Waals surface area contributed by atoms with Crippen molar-refractivity contribution in [2.45, 2.75) is 120 Å². The molecule has 1 aliphatic rings. The second-order valence-corrected chi connectivity index (χ2v) is 17.4. The molecule has 13 heteroatoms. The molecular formula is C47H60N4O8S. The Morgan fingerprint density at radius 3 is 1.83 bits per heavy atom. The number of ether oxygens (including phenoxy) is 1. The molecule has 0 aliphatic heterocycles. The van der Waals surface area contributed by atoms with Gasteiger partial charge in [0.2, 0.25) is 23.6 Å². The van der Waals surface area contributed by atoms with Gasteiger partial charge in [-0.2, -0.15) is 0 Å². The molecule has 0 bridgehead atoms. The lowest BCUT2D eigenvalue weighted by molar-refractivity contribution is -0.155. The monoisotopic (exact) mass is 840 g/mol. The summed E-state index contributed by atoms with van der Waals surface area (Å²) in [4.78, 5) is 80.4. The van der Waals surface area contributed by atoms with Gasteiger partial charge in [0.1, 0.15) is 29.0 Å². The van der Waals surface area contributed by atoms with E-state index in [9.17, 15) is 33.9 Å². The zero-order chi connectivity index (χ0) is 43.8. The number of nitrogens with one attached hydrogen (secondary N) is 4. The number of rotatable bonds is 22. The molecule has 4 rings (SSSR count). The number of Topliss-reactive ketones (excluding diaryl/α,β-unsaturated/α-hetero) is 1. The smallest absolute Gasteiger partial charge is 0.306 e. The molecule has 3 aromatic rings. The lowest BCUT2D eigenvalue weighted by Crippen LogP contribution is -2.66. The second kappa shape index (κ2) is 22.4. The van der Waals surface area contributed by atoms with Gasteiger partial charge in [0.25, 0.3) is 0 Å². The molecule has 0 aromatic heterocycles. The molecule has 0 unspecified atom stereocenters. The molecule has 1 aliphatic carbocycles. The van der Waals surface area contributed by atoms with Gasteiger partial charge >= 0.3 is 5.97 Å². The third-order valence-electron chi connectivity index (χ3n) is 10.1. The second-order valence-electron chi connectivity index (χ2n) is 16.2. The summed E-state index contributed by atoms with van der Waals surface area (Å²) < 4.78 is 4.60. The van der Waals surface area contributed by atoms with Crippen molar-refractivity contribution in [2.24, 2.45) is 0 Å². The molecule has 4 amide bonds. The van der Waals surface area contributed by atoms with Crippen molar-refractivity contribution in [3.63, 3.8) is 0 Å². The van der Waals surface area contributed by atoms with E-state index < -0.39 is 63.7 Å². The number of unbranched alkanes of at least 4 members (excludes halogenated alkanes) is 1. The first kappa shape index (κ1) is 47.4. The number of esters is 1. The van der Waals surface area contributed by atoms with E-state index in [4.69, 9.17) is 4.74 Å². The van der Waals surface area contributed by atoms with Crippen LogP contribution in [0.3, 0.4) is 0 Å². The van der Waals surface area contributed by atoms with Crippen LogP contribution in [0.15, 0.2) is 103 Å². The van der Waals surface area contributed by atoms with Crippen LogP contribution in [0.4, 0.5) is 0 Å². The SMILES string of the molecule is CCC/C=C/[C@@H](O)CC(=O)N[C@H](CCC(=O)OC(C)(C)C)C(=O)N[C@H](CSC(c1ccccc1)(c1ccccc1)c1ccccc1)C(=O)NC1(C(=O)NCC(C)=O)CCC1. The predicted molar refractivity (Wildman–Crippen MR) is 234 cm³/mol. The van der Waals surface area contributed by atoms with Crippen LogP contribution in [0.2, 0.25) is 0 Å². The van der Waals surface area contributed by atoms with Crippen LogP contribution in [0, 0.1) is 0 Å². The molecule has 0 saturated heterocycles. The fourth-order valence-corrected chi connectivity index (χ4v) is 8.48. The molecule has 5 N–H and O–H groups in total. The normalized spacial score (nSPS) is 15.1. The summed E-state index contributed by atoms with van der Waals surface area (Å²) in [5.74, 6) is -3.32. The minimum atomic E-state index is -1.30. The van der Waals surface area contributed by atoms with Crippen LogP contribution in [0.25, 0.3) is 0 Å². The highest BCUT2D eigenvalue weighted by atomic mass is 32.2. The van der Waals surface area contributed by atoms with E-state index in [1.54, 1.807) is 26.8 Å². The predicted octanol–water partition coefficient (Wildman–Crippen LogP) is 5.65. The van der Waals surface area contributed by atoms with E-state index in [2.05, 4.69) is 21.3 Å². The molecule has 322 valence electrons. The highest BCUT2D eigenvalue weighted by Crippen LogP contribution is 2.48. The Labute approximate surface area is 358 Å². The van der Waals surface area contributed by atoms with Crippen molar-refractivity contribution in [1.29, 1.82) is 0 Å². The molecule has 3 atom stereocenters. The molecule has 60 heavy (non-hydrogen) atoms. The largest absolute Gasteiger partial charge is 0.460 e. The Hall–Kier alpha value is -5.27. The van der Waals surface area contributed by atoms with Crippen molar-refractivity contribution in [3.8, 4) is 0 Å². The number of hydrogen-bond acceptors (Lipinski definition) is 9. The van der Waals surface area contributed by atoms with Crippen LogP contribution in [-0.4, -0.2) is 82.1 Å². The van der Waals surface area contributed by atoms with Gasteiger partial charge in [0.15, 0.2) is 0 Å². The third kappa shape index (κ3) is 13.6. The highest BCUT2D eigenvalue weighted by Gasteiger charge is 2.47. The van der Waals surface area contributed by atoms with Gasteiger partial charge < -0.3 is 31.1 Å². The Bertz CT molecular complexity index is 1830. The zero-order valence-electron chi connectivity index (χ0n) is 35.3. The zero-order valence-corrected chi connectivity index (χ0v) is 36.1. The fourth-order valence-electron chi connectivity index (χ4n) is 6.92. The van der Waals surface area contributed by atoms with Crippen molar-refractivity contribution in [3.05, 3.63) is 120 Å². The van der Waals surface area contributed by atoms with E-state index in [1.807, 2.05) is 97.9 Å². The lowest BCUT2D eigenvalue weighted by atomic mass is 9.75. The number of amides is 4. The summed E-state index contributed by atoms with van der Waals surface area (Å²) in [5, 5.41) is 21.6. The van der Waals surface area contributed by atoms with Gasteiger partial charge in [-0.15, -0.1) is 11.8 Å². The highest BCUT2D eigenvalue weighted by molar-refractivity contribution is 8.00. The van der Waals surface area contributed by atoms with Gasteiger partial charge in [-0.1, -0.05) is 116 Å². The first-order chi connectivity index (χ1) is 28.6. The molecule has 1 fully saturated rings. The van der Waals surface area contributed by atoms with E-state index in [0.717, 1.165) is 29.5 Å². The average molecular weight is 841 g/mol. The van der Waals surface area contributed by atoms with Gasteiger partial charge in [-0.25, -0.2) is 0 Å². The van der Waals surface area contributed by atoms with Gasteiger partial charge in [0.05, 0.1) is 23.8 Å². The summed E-state index contributed by atoms with van der Waals surface area (Å²) in [5.41, 5.74) is 0.689. The Kier molecular flexibility index (Phi) is 17.7. The van der Waals surface area contributed by atoms with E-state index in [-0.39, 0.29) is 37.3 Å². The van der Waals surface area contributed by atoms with E-state index in [0.29, 0.717) is 19.3 Å². The Balaban J connectivity index is 1.73. The summed E-state index contributed by atoms with van der Waals surface area (Å²) in [6, 6.07) is 26.9. The van der Waals surface area contributed by atoms with Crippen LogP contribution in [-0.2, 0) is 38.3 Å². The first-order valence-corrected chi connectivity index (χ1v) is 21.6. The standard InChI is InChI=1S/C47H60N4O8S/c1-6-7-11-25-37(53)30-40(54)49-38(26-27-41(55)59-45(3,4)5)42(56)50-39(43(57)51-46(28-18-29-46)44(58)48-31-33(2)52)32-60-47(34-19-12-8-13-20-34,35-21-14-9-15-22-35)36-23-16-10-17-24-36/h8-17,19-25,37-39,53H,6-7,18,26-32H2,1-5H3,(H,48,58)(H,49,54)(H,50,56)(H,51,57)/b25-11+/t37-,38-,39-/m1/s1. The van der Waals surface area contributed by atoms with Crippen molar-refractivity contribution < 1.29 is 38.6 Å². The molecule has 0 spiro atoms. The molecule has 3 aromatic carbocycles. The van der Waals surface area contributed by atoms with Crippen molar-refractivity contribution in [1.82, 2.24) is 21.3 Å². The number of thioether (sulfide) groups is 1. The van der Waals surface area contributed by atoms with Gasteiger partial charge in [-0.05, 0) is 76.5 Å². The number of hydrogen-bond donors (Lipinski definition) is 5. The molecule has 12 nitrogen and oxygen atoms in total. The topological polar surface area (TPSA) is 180 Å². The van der Waals surface area contributed by atoms with Gasteiger partial charge in [-0.3, -0.25) is 28.8 Å². The summed E-state index contributed by atoms with van der Waals surface area (Å²) >= 11 is 1.43.